The van der Waals surface area contributed by atoms with Crippen LogP contribution >= 0.6 is 11.3 Å². The maximum absolute atomic E-state index is 6.19. The zero-order valence-electron chi connectivity index (χ0n) is 14.9. The molecule has 128 valence electrons. The summed E-state index contributed by atoms with van der Waals surface area (Å²) in [5.41, 5.74) is 15.0. The second-order valence-corrected chi connectivity index (χ2v) is 7.36. The van der Waals surface area contributed by atoms with Crippen LogP contribution in [0.4, 0.5) is 5.69 Å². The fraction of sp³-hybridized carbons (Fsp3) is 0.0870. The number of rotatable bonds is 3. The van der Waals surface area contributed by atoms with E-state index in [4.69, 9.17) is 5.73 Å². The van der Waals surface area contributed by atoms with Gasteiger partial charge in [-0.15, -0.1) is 11.3 Å². The van der Waals surface area contributed by atoms with Crippen molar-refractivity contribution in [3.8, 4) is 32.8 Å². The van der Waals surface area contributed by atoms with Crippen LogP contribution in [0.1, 0.15) is 11.1 Å². The van der Waals surface area contributed by atoms with Crippen LogP contribution in [0.3, 0.4) is 0 Å². The molecular weight excluding hydrogens is 336 g/mol. The van der Waals surface area contributed by atoms with Gasteiger partial charge in [-0.1, -0.05) is 36.4 Å². The second-order valence-electron chi connectivity index (χ2n) is 6.45. The molecule has 0 saturated heterocycles. The lowest BCUT2D eigenvalue weighted by atomic mass is 9.91. The molecule has 3 heteroatoms. The summed E-state index contributed by atoms with van der Waals surface area (Å²) >= 11 is 1.77. The van der Waals surface area contributed by atoms with E-state index in [1.165, 1.54) is 16.0 Å². The normalized spacial score (nSPS) is 10.8. The van der Waals surface area contributed by atoms with E-state index >= 15 is 0 Å². The average molecular weight is 356 g/mol. The molecular formula is C23H20N2S. The SMILES string of the molecule is Cc1ccc(-c2cccc(-c3sccc3C)c2-c2ccccn2)cc1N. The summed E-state index contributed by atoms with van der Waals surface area (Å²) in [6.07, 6.45) is 1.85. The van der Waals surface area contributed by atoms with Gasteiger partial charge in [0.25, 0.3) is 0 Å². The van der Waals surface area contributed by atoms with E-state index in [1.54, 1.807) is 11.3 Å². The van der Waals surface area contributed by atoms with Crippen molar-refractivity contribution in [3.63, 3.8) is 0 Å². The Morgan fingerprint density at radius 1 is 0.846 bits per heavy atom. The first kappa shape index (κ1) is 16.6. The topological polar surface area (TPSA) is 38.9 Å². The van der Waals surface area contributed by atoms with Gasteiger partial charge in [-0.25, -0.2) is 0 Å². The van der Waals surface area contributed by atoms with E-state index in [1.807, 2.05) is 25.3 Å². The predicted molar refractivity (Wildman–Crippen MR) is 112 cm³/mol. The van der Waals surface area contributed by atoms with Crippen molar-refractivity contribution in [2.24, 2.45) is 0 Å². The molecule has 0 aliphatic carbocycles. The molecule has 2 heterocycles. The van der Waals surface area contributed by atoms with Gasteiger partial charge in [0.2, 0.25) is 0 Å². The Hall–Kier alpha value is -2.91. The molecule has 0 unspecified atom stereocenters. The molecule has 0 bridgehead atoms. The number of hydrogen-bond acceptors (Lipinski definition) is 3. The number of anilines is 1. The van der Waals surface area contributed by atoms with Gasteiger partial charge in [0, 0.05) is 27.9 Å². The van der Waals surface area contributed by atoms with Gasteiger partial charge in [0.1, 0.15) is 0 Å². The summed E-state index contributed by atoms with van der Waals surface area (Å²) in [6.45, 7) is 4.19. The lowest BCUT2D eigenvalue weighted by Crippen LogP contribution is -1.94. The molecule has 0 radical (unpaired) electrons. The lowest BCUT2D eigenvalue weighted by Gasteiger charge is -2.16. The monoisotopic (exact) mass is 356 g/mol. The third-order valence-corrected chi connectivity index (χ3v) is 5.73. The van der Waals surface area contributed by atoms with Crippen molar-refractivity contribution in [1.82, 2.24) is 4.98 Å². The number of nitrogen functional groups attached to an aromatic ring is 1. The molecule has 0 amide bonds. The highest BCUT2D eigenvalue weighted by atomic mass is 32.1. The molecule has 0 aliphatic rings. The second kappa shape index (κ2) is 6.77. The van der Waals surface area contributed by atoms with Crippen LogP contribution in [0, 0.1) is 13.8 Å². The van der Waals surface area contributed by atoms with Crippen molar-refractivity contribution < 1.29 is 0 Å². The third kappa shape index (κ3) is 2.91. The number of thiophene rings is 1. The fourth-order valence-electron chi connectivity index (χ4n) is 3.23. The Morgan fingerprint density at radius 3 is 2.38 bits per heavy atom. The minimum atomic E-state index is 0.812. The maximum atomic E-state index is 6.19. The van der Waals surface area contributed by atoms with Crippen molar-refractivity contribution in [1.29, 1.82) is 0 Å². The van der Waals surface area contributed by atoms with Gasteiger partial charge in [0.15, 0.2) is 0 Å². The van der Waals surface area contributed by atoms with Crippen LogP contribution in [-0.4, -0.2) is 4.98 Å². The molecule has 26 heavy (non-hydrogen) atoms. The number of nitrogens with zero attached hydrogens (tertiary/aromatic N) is 1. The van der Waals surface area contributed by atoms with Crippen LogP contribution in [0.2, 0.25) is 0 Å². The fourth-order valence-corrected chi connectivity index (χ4v) is 4.18. The number of nitrogens with two attached hydrogens (primary N) is 1. The first-order valence-corrected chi connectivity index (χ1v) is 9.48. The molecule has 0 saturated carbocycles. The quantitative estimate of drug-likeness (QED) is 0.435. The molecule has 4 aromatic rings. The Labute approximate surface area is 158 Å². The largest absolute Gasteiger partial charge is 0.398 e. The van der Waals surface area contributed by atoms with Crippen LogP contribution in [0.25, 0.3) is 32.8 Å². The van der Waals surface area contributed by atoms with Gasteiger partial charge in [0.05, 0.1) is 5.69 Å². The third-order valence-electron chi connectivity index (χ3n) is 4.68. The van der Waals surface area contributed by atoms with Crippen LogP contribution in [0.5, 0.6) is 0 Å². The van der Waals surface area contributed by atoms with E-state index in [9.17, 15) is 0 Å². The molecule has 0 fully saturated rings. The number of hydrogen-bond donors (Lipinski definition) is 1. The predicted octanol–water partition coefficient (Wildman–Crippen LogP) is 6.34. The van der Waals surface area contributed by atoms with Gasteiger partial charge in [-0.05, 0) is 65.7 Å². The van der Waals surface area contributed by atoms with Crippen LogP contribution in [-0.2, 0) is 0 Å². The highest BCUT2D eigenvalue weighted by Crippen LogP contribution is 2.42. The number of aromatic nitrogens is 1. The Kier molecular flexibility index (Phi) is 4.31. The van der Waals surface area contributed by atoms with E-state index in [0.29, 0.717) is 0 Å². The molecule has 4 rings (SSSR count). The Balaban J connectivity index is 2.03. The first-order valence-electron chi connectivity index (χ1n) is 8.60. The first-order chi connectivity index (χ1) is 12.6. The van der Waals surface area contributed by atoms with E-state index in [-0.39, 0.29) is 0 Å². The molecule has 2 aromatic carbocycles. The number of benzene rings is 2. The average Bonchev–Trinajstić information content (AvgIpc) is 3.10. The highest BCUT2D eigenvalue weighted by molar-refractivity contribution is 7.13. The van der Waals surface area contributed by atoms with Crippen LogP contribution in [0.15, 0.2) is 72.2 Å². The van der Waals surface area contributed by atoms with E-state index in [0.717, 1.165) is 33.6 Å². The van der Waals surface area contributed by atoms with Crippen molar-refractivity contribution in [2.45, 2.75) is 13.8 Å². The van der Waals surface area contributed by atoms with E-state index in [2.05, 4.69) is 65.8 Å². The summed E-state index contributed by atoms with van der Waals surface area (Å²) in [7, 11) is 0. The number of aryl methyl sites for hydroxylation is 2. The van der Waals surface area contributed by atoms with Crippen LogP contribution < -0.4 is 5.73 Å². The summed E-state index contributed by atoms with van der Waals surface area (Å²) < 4.78 is 0. The molecule has 0 aliphatic heterocycles. The van der Waals surface area contributed by atoms with Crippen molar-refractivity contribution >= 4 is 17.0 Å². The maximum Gasteiger partial charge on any atom is 0.0714 e. The van der Waals surface area contributed by atoms with Crippen molar-refractivity contribution in [2.75, 3.05) is 5.73 Å². The minimum absolute atomic E-state index is 0.812. The molecule has 0 atom stereocenters. The van der Waals surface area contributed by atoms with Crippen molar-refractivity contribution in [3.05, 3.63) is 83.4 Å². The number of pyridine rings is 1. The minimum Gasteiger partial charge on any atom is -0.398 e. The summed E-state index contributed by atoms with van der Waals surface area (Å²) in [5.74, 6) is 0. The smallest absolute Gasteiger partial charge is 0.0714 e. The summed E-state index contributed by atoms with van der Waals surface area (Å²) in [6, 6.07) is 21.0. The zero-order chi connectivity index (χ0) is 18.1. The van der Waals surface area contributed by atoms with E-state index < -0.39 is 0 Å². The highest BCUT2D eigenvalue weighted by Gasteiger charge is 2.17. The van der Waals surface area contributed by atoms with Gasteiger partial charge >= 0.3 is 0 Å². The summed E-state index contributed by atoms with van der Waals surface area (Å²) in [4.78, 5) is 5.93. The molecule has 2 N–H and O–H groups in total. The molecule has 2 nitrogen and oxygen atoms in total. The standard InChI is InChI=1S/C23H20N2S/c1-15-9-10-17(14-20(15)24)18-6-5-7-19(23-16(2)11-13-26-23)22(18)21-8-3-4-12-25-21/h3-14H,24H2,1-2H3. The molecule has 0 spiro atoms. The van der Waals surface area contributed by atoms with Gasteiger partial charge in [-0.3, -0.25) is 4.98 Å². The lowest BCUT2D eigenvalue weighted by molar-refractivity contribution is 1.33. The zero-order valence-corrected chi connectivity index (χ0v) is 15.7. The Bertz CT molecular complexity index is 1060. The summed E-state index contributed by atoms with van der Waals surface area (Å²) in [5, 5.41) is 2.14. The molecule has 2 aromatic heterocycles. The van der Waals surface area contributed by atoms with Gasteiger partial charge < -0.3 is 5.73 Å². The van der Waals surface area contributed by atoms with Gasteiger partial charge in [-0.2, -0.15) is 0 Å². The Morgan fingerprint density at radius 2 is 1.69 bits per heavy atom.